The number of hydrogen-bond donors (Lipinski definition) is 3. The van der Waals surface area contributed by atoms with Crippen LogP contribution in [0.2, 0.25) is 0 Å². The summed E-state index contributed by atoms with van der Waals surface area (Å²) in [5.41, 5.74) is 0. The second-order valence-electron chi connectivity index (χ2n) is 20.6. The van der Waals surface area contributed by atoms with Gasteiger partial charge in [-0.2, -0.15) is 0 Å². The SMILES string of the molecule is CC/C=C\C/C=C\C/C=C\C/C=C\C/C=C\C/C=C\CCC(=O)OCC(COC1OC(C(=O)O)C(O)C(O)C1OC(=O)CCCCC/C=C\C/C=C\C/C=C\C/C=C\C/C=C\CC)OC(=O)CCCCCCC/C=C\C/C=C\CCCCC. The number of hydrogen-bond acceptors (Lipinski definition) is 11. The van der Waals surface area contributed by atoms with Gasteiger partial charge in [-0.15, -0.1) is 0 Å². The standard InChI is InChI=1S/C71H108O12/c1-4-7-10-13-16-19-22-25-28-30-32-34-37-39-42-45-48-51-54-57-63(72)79-60-62(81-64(73)58-55-52-49-46-43-40-36-27-24-21-18-15-12-9-6-3)61-80-71-69(67(76)66(75)68(83-71)70(77)78)82-65(74)59-56-53-50-47-44-41-38-35-33-31-29-26-23-20-17-14-11-8-5-2/h7-8,10-11,16-21,25-29,32-36,39,41-42,44,48,51,62,66-69,71,75-76H,4-6,9,12-15,22-24,30-31,37-38,40,43,45-47,49-50,52-61H2,1-3H3,(H,77,78)/b10-7-,11-8-,19-16-,20-17-,21-18-,28-25-,29-26-,34-32-,35-33-,36-27-,42-39-,44-41-,51-48-. The molecular weight excluding hydrogens is 1040 g/mol. The van der Waals surface area contributed by atoms with E-state index in [0.717, 1.165) is 128 Å². The van der Waals surface area contributed by atoms with Crippen LogP contribution in [0.25, 0.3) is 0 Å². The number of allylic oxidation sites excluding steroid dienone is 26. The van der Waals surface area contributed by atoms with E-state index in [0.29, 0.717) is 25.7 Å². The zero-order chi connectivity index (χ0) is 60.3. The highest BCUT2D eigenvalue weighted by molar-refractivity contribution is 5.74. The van der Waals surface area contributed by atoms with E-state index in [2.05, 4.69) is 167 Å². The van der Waals surface area contributed by atoms with E-state index in [1.807, 2.05) is 12.2 Å². The van der Waals surface area contributed by atoms with Gasteiger partial charge < -0.3 is 39.0 Å². The van der Waals surface area contributed by atoms with Crippen molar-refractivity contribution < 1.29 is 58.2 Å². The van der Waals surface area contributed by atoms with Gasteiger partial charge in [-0.05, 0) is 135 Å². The van der Waals surface area contributed by atoms with Crippen molar-refractivity contribution in [2.75, 3.05) is 13.2 Å². The number of aliphatic hydroxyl groups excluding tert-OH is 2. The summed E-state index contributed by atoms with van der Waals surface area (Å²) in [4.78, 5) is 51.3. The van der Waals surface area contributed by atoms with Crippen molar-refractivity contribution in [1.29, 1.82) is 0 Å². The van der Waals surface area contributed by atoms with Crippen molar-refractivity contribution in [3.8, 4) is 0 Å². The van der Waals surface area contributed by atoms with E-state index in [-0.39, 0.29) is 25.9 Å². The molecule has 1 aliphatic rings. The van der Waals surface area contributed by atoms with Gasteiger partial charge in [0.25, 0.3) is 0 Å². The number of esters is 3. The Balaban J connectivity index is 2.76. The minimum Gasteiger partial charge on any atom is -0.479 e. The Hall–Kier alpha value is -5.66. The Morgan fingerprint density at radius 3 is 1.22 bits per heavy atom. The second kappa shape index (κ2) is 56.8. The molecule has 6 atom stereocenters. The number of carboxylic acid groups (broad SMARTS) is 1. The van der Waals surface area contributed by atoms with E-state index in [4.69, 9.17) is 23.7 Å². The van der Waals surface area contributed by atoms with E-state index < -0.39 is 67.3 Å². The first-order valence-corrected chi connectivity index (χ1v) is 31.5. The first kappa shape index (κ1) is 75.4. The molecule has 0 radical (unpaired) electrons. The molecule has 6 unspecified atom stereocenters. The smallest absolute Gasteiger partial charge is 0.335 e. The molecule has 0 aliphatic carbocycles. The van der Waals surface area contributed by atoms with E-state index >= 15 is 0 Å². The lowest BCUT2D eigenvalue weighted by molar-refractivity contribution is -0.301. The maximum Gasteiger partial charge on any atom is 0.335 e. The quantitative estimate of drug-likeness (QED) is 0.0228. The van der Waals surface area contributed by atoms with Gasteiger partial charge in [0.15, 0.2) is 24.6 Å². The molecule has 0 spiro atoms. The third-order valence-electron chi connectivity index (χ3n) is 13.1. The van der Waals surface area contributed by atoms with Crippen LogP contribution in [0.4, 0.5) is 0 Å². The number of rotatable bonds is 51. The number of carbonyl (C=O) groups is 4. The molecule has 0 amide bonds. The highest BCUT2D eigenvalue weighted by Crippen LogP contribution is 2.26. The molecule has 1 rings (SSSR count). The maximum atomic E-state index is 13.2. The van der Waals surface area contributed by atoms with Crippen molar-refractivity contribution in [2.24, 2.45) is 0 Å². The Labute approximate surface area is 501 Å². The molecule has 1 aliphatic heterocycles. The number of carboxylic acids is 1. The van der Waals surface area contributed by atoms with Crippen molar-refractivity contribution in [3.63, 3.8) is 0 Å². The molecule has 1 fully saturated rings. The summed E-state index contributed by atoms with van der Waals surface area (Å²) in [6.07, 6.45) is 70.7. The van der Waals surface area contributed by atoms with Gasteiger partial charge in [0.05, 0.1) is 6.61 Å². The van der Waals surface area contributed by atoms with Crippen LogP contribution < -0.4 is 0 Å². The molecule has 3 N–H and O–H groups in total. The zero-order valence-electron chi connectivity index (χ0n) is 51.1. The summed E-state index contributed by atoms with van der Waals surface area (Å²) >= 11 is 0. The van der Waals surface area contributed by atoms with E-state index in [1.165, 1.54) is 19.3 Å². The van der Waals surface area contributed by atoms with Crippen LogP contribution in [0.1, 0.15) is 213 Å². The lowest BCUT2D eigenvalue weighted by Crippen LogP contribution is -2.61. The van der Waals surface area contributed by atoms with Crippen molar-refractivity contribution in [1.82, 2.24) is 0 Å². The predicted octanol–water partition coefficient (Wildman–Crippen LogP) is 16.9. The highest BCUT2D eigenvalue weighted by Gasteiger charge is 2.50. The molecule has 1 heterocycles. The van der Waals surface area contributed by atoms with E-state index in [9.17, 15) is 34.5 Å². The first-order chi connectivity index (χ1) is 40.6. The normalized spacial score (nSPS) is 18.7. The number of aliphatic carboxylic acids is 1. The fourth-order valence-corrected chi connectivity index (χ4v) is 8.33. The topological polar surface area (TPSA) is 175 Å². The summed E-state index contributed by atoms with van der Waals surface area (Å²) in [5, 5.41) is 31.6. The van der Waals surface area contributed by atoms with Gasteiger partial charge in [-0.25, -0.2) is 4.79 Å². The third kappa shape index (κ3) is 46.4. The van der Waals surface area contributed by atoms with Crippen LogP contribution in [-0.4, -0.2) is 89.2 Å². The number of carbonyl (C=O) groups excluding carboxylic acids is 3. The van der Waals surface area contributed by atoms with Crippen LogP contribution in [0.5, 0.6) is 0 Å². The number of ether oxygens (including phenoxy) is 5. The van der Waals surface area contributed by atoms with Crippen LogP contribution in [-0.2, 0) is 42.9 Å². The molecular formula is C71H108O12. The molecule has 0 aromatic carbocycles. The molecule has 0 bridgehead atoms. The first-order valence-electron chi connectivity index (χ1n) is 31.5. The zero-order valence-corrected chi connectivity index (χ0v) is 51.1. The fraction of sp³-hybridized carbons (Fsp3) is 0.577. The largest absolute Gasteiger partial charge is 0.479 e. The van der Waals surface area contributed by atoms with Gasteiger partial charge in [0.1, 0.15) is 18.8 Å². The Kier molecular flexibility index (Phi) is 51.6. The second-order valence-corrected chi connectivity index (χ2v) is 20.6. The number of aliphatic hydroxyl groups is 2. The van der Waals surface area contributed by atoms with Crippen LogP contribution in [0.15, 0.2) is 158 Å². The lowest BCUT2D eigenvalue weighted by atomic mass is 9.98. The summed E-state index contributed by atoms with van der Waals surface area (Å²) in [7, 11) is 0. The molecule has 12 heteroatoms. The number of unbranched alkanes of at least 4 members (excludes halogenated alkanes) is 11. The van der Waals surface area contributed by atoms with Gasteiger partial charge in [-0.3, -0.25) is 14.4 Å². The van der Waals surface area contributed by atoms with Gasteiger partial charge in [-0.1, -0.05) is 217 Å². The van der Waals surface area contributed by atoms with Crippen LogP contribution in [0, 0.1) is 0 Å². The summed E-state index contributed by atoms with van der Waals surface area (Å²) < 4.78 is 28.4. The molecule has 0 aromatic rings. The molecule has 464 valence electrons. The van der Waals surface area contributed by atoms with Gasteiger partial charge in [0, 0.05) is 19.3 Å². The predicted molar refractivity (Wildman–Crippen MR) is 339 cm³/mol. The minimum atomic E-state index is -1.94. The third-order valence-corrected chi connectivity index (χ3v) is 13.1. The molecule has 12 nitrogen and oxygen atoms in total. The van der Waals surface area contributed by atoms with Crippen LogP contribution >= 0.6 is 0 Å². The monoisotopic (exact) mass is 1150 g/mol. The average molecular weight is 1150 g/mol. The van der Waals surface area contributed by atoms with Crippen molar-refractivity contribution in [2.45, 2.75) is 250 Å². The average Bonchev–Trinajstić information content (AvgIpc) is 3.57. The van der Waals surface area contributed by atoms with Gasteiger partial charge in [0.2, 0.25) is 0 Å². The summed E-state index contributed by atoms with van der Waals surface area (Å²) in [6.45, 7) is 5.64. The Morgan fingerprint density at radius 1 is 0.410 bits per heavy atom. The van der Waals surface area contributed by atoms with E-state index in [1.54, 1.807) is 0 Å². The minimum absolute atomic E-state index is 0.00297. The lowest BCUT2D eigenvalue weighted by Gasteiger charge is -2.40. The summed E-state index contributed by atoms with van der Waals surface area (Å²) in [6, 6.07) is 0. The molecule has 1 saturated heterocycles. The van der Waals surface area contributed by atoms with Crippen molar-refractivity contribution >= 4 is 23.9 Å². The Bertz CT molecular complexity index is 2050. The van der Waals surface area contributed by atoms with Crippen LogP contribution in [0.3, 0.4) is 0 Å². The fourth-order valence-electron chi connectivity index (χ4n) is 8.33. The molecule has 0 saturated carbocycles. The molecule has 0 aromatic heterocycles. The Morgan fingerprint density at radius 2 is 0.783 bits per heavy atom. The van der Waals surface area contributed by atoms with Crippen molar-refractivity contribution in [3.05, 3.63) is 158 Å². The van der Waals surface area contributed by atoms with Gasteiger partial charge >= 0.3 is 23.9 Å². The molecule has 83 heavy (non-hydrogen) atoms. The summed E-state index contributed by atoms with van der Waals surface area (Å²) in [5.74, 6) is -3.32. The highest BCUT2D eigenvalue weighted by atomic mass is 16.7. The maximum absolute atomic E-state index is 13.2.